The molecule has 1 fully saturated rings. The Hall–Kier alpha value is -3.60. The molecule has 5 nitrogen and oxygen atoms in total. The number of methoxy groups -OCH3 is 1. The molecule has 0 aliphatic carbocycles. The molecule has 3 aromatic rings. The van der Waals surface area contributed by atoms with Gasteiger partial charge in [-0.2, -0.15) is 5.26 Å². The second-order valence-corrected chi connectivity index (χ2v) is 8.77. The number of carbonyl (C=O) groups excluding carboxylic acids is 1. The van der Waals surface area contributed by atoms with Crippen LogP contribution in [0.25, 0.3) is 22.3 Å². The summed E-state index contributed by atoms with van der Waals surface area (Å²) in [5, 5.41) is 9.11. The van der Waals surface area contributed by atoms with Crippen molar-refractivity contribution in [1.82, 2.24) is 4.90 Å². The molecule has 0 radical (unpaired) electrons. The van der Waals surface area contributed by atoms with E-state index in [1.807, 2.05) is 12.1 Å². The number of likely N-dealkylation sites (tertiary alicyclic amines) is 1. The van der Waals surface area contributed by atoms with E-state index in [-0.39, 0.29) is 17.4 Å². The van der Waals surface area contributed by atoms with Crippen LogP contribution in [-0.2, 0) is 11.2 Å². The predicted molar refractivity (Wildman–Crippen MR) is 131 cm³/mol. The maximum absolute atomic E-state index is 15.2. The third kappa shape index (κ3) is 5.24. The van der Waals surface area contributed by atoms with Gasteiger partial charge in [-0.25, -0.2) is 8.78 Å². The van der Waals surface area contributed by atoms with Crippen LogP contribution in [0.3, 0.4) is 0 Å². The van der Waals surface area contributed by atoms with Crippen molar-refractivity contribution in [2.75, 3.05) is 33.4 Å². The molecule has 0 spiro atoms. The number of hydrogen-bond donors (Lipinski definition) is 1. The van der Waals surface area contributed by atoms with Crippen LogP contribution in [0.1, 0.15) is 27.9 Å². The Morgan fingerprint density at radius 2 is 1.89 bits per heavy atom. The summed E-state index contributed by atoms with van der Waals surface area (Å²) in [7, 11) is 1.59. The molecule has 1 aliphatic rings. The molecule has 0 bridgehead atoms. The Morgan fingerprint density at radius 1 is 1.09 bits per heavy atom. The molecule has 0 aromatic heterocycles. The zero-order chi connectivity index (χ0) is 24.9. The monoisotopic (exact) mass is 475 g/mol. The SMILES string of the molecule is COCCc1ccc(-c2ccc(C(=O)N3CC[C@@H](CN)C3)cc2-c2ccc(C#N)c(F)c2)c(F)c1. The highest BCUT2D eigenvalue weighted by Gasteiger charge is 2.27. The van der Waals surface area contributed by atoms with E-state index in [2.05, 4.69) is 0 Å². The van der Waals surface area contributed by atoms with Gasteiger partial charge in [-0.05, 0) is 77.9 Å². The number of ether oxygens (including phenoxy) is 1. The topological polar surface area (TPSA) is 79.3 Å². The van der Waals surface area contributed by atoms with E-state index in [4.69, 9.17) is 15.7 Å². The van der Waals surface area contributed by atoms with Crippen molar-refractivity contribution in [3.05, 3.63) is 82.9 Å². The minimum atomic E-state index is -0.673. The molecule has 0 unspecified atom stereocenters. The van der Waals surface area contributed by atoms with Crippen molar-refractivity contribution in [1.29, 1.82) is 5.26 Å². The number of amides is 1. The molecule has 2 N–H and O–H groups in total. The lowest BCUT2D eigenvalue weighted by Gasteiger charge is -2.19. The second kappa shape index (κ2) is 10.8. The van der Waals surface area contributed by atoms with E-state index in [9.17, 15) is 9.18 Å². The van der Waals surface area contributed by atoms with Crippen molar-refractivity contribution >= 4 is 5.91 Å². The van der Waals surface area contributed by atoms with E-state index >= 15 is 4.39 Å². The molecule has 3 aromatic carbocycles. The van der Waals surface area contributed by atoms with Gasteiger partial charge in [0.1, 0.15) is 17.7 Å². The lowest BCUT2D eigenvalue weighted by atomic mass is 9.91. The van der Waals surface area contributed by atoms with E-state index in [1.54, 1.807) is 42.3 Å². The summed E-state index contributed by atoms with van der Waals surface area (Å²) >= 11 is 0. The number of nitriles is 1. The highest BCUT2D eigenvalue weighted by atomic mass is 19.1. The summed E-state index contributed by atoms with van der Waals surface area (Å²) in [6.07, 6.45) is 1.43. The smallest absolute Gasteiger partial charge is 0.253 e. The van der Waals surface area contributed by atoms with Crippen LogP contribution in [0.2, 0.25) is 0 Å². The van der Waals surface area contributed by atoms with Crippen molar-refractivity contribution in [3.8, 4) is 28.3 Å². The lowest BCUT2D eigenvalue weighted by Crippen LogP contribution is -2.29. The molecule has 7 heteroatoms. The van der Waals surface area contributed by atoms with Crippen LogP contribution in [0.15, 0.2) is 54.6 Å². The van der Waals surface area contributed by atoms with E-state index in [1.165, 1.54) is 18.2 Å². The predicted octanol–water partition coefficient (Wildman–Crippen LogP) is 4.78. The Balaban J connectivity index is 1.79. The zero-order valence-electron chi connectivity index (χ0n) is 19.6. The summed E-state index contributed by atoms with van der Waals surface area (Å²) in [5.41, 5.74) is 8.76. The average molecular weight is 476 g/mol. The Kier molecular flexibility index (Phi) is 7.54. The van der Waals surface area contributed by atoms with Crippen LogP contribution in [0, 0.1) is 28.9 Å². The molecular weight excluding hydrogens is 448 g/mol. The van der Waals surface area contributed by atoms with Gasteiger partial charge >= 0.3 is 0 Å². The number of nitrogens with zero attached hydrogens (tertiary/aromatic N) is 2. The second-order valence-electron chi connectivity index (χ2n) is 8.77. The van der Waals surface area contributed by atoms with E-state index < -0.39 is 11.6 Å². The first-order chi connectivity index (χ1) is 16.9. The van der Waals surface area contributed by atoms with Gasteiger partial charge in [0.2, 0.25) is 0 Å². The van der Waals surface area contributed by atoms with Gasteiger partial charge < -0.3 is 15.4 Å². The van der Waals surface area contributed by atoms with Crippen LogP contribution >= 0.6 is 0 Å². The maximum atomic E-state index is 15.2. The highest BCUT2D eigenvalue weighted by molar-refractivity contribution is 5.98. The quantitative estimate of drug-likeness (QED) is 0.533. The van der Waals surface area contributed by atoms with Crippen LogP contribution in [0.5, 0.6) is 0 Å². The van der Waals surface area contributed by atoms with Crippen molar-refractivity contribution in [2.45, 2.75) is 12.8 Å². The fourth-order valence-electron chi connectivity index (χ4n) is 4.47. The molecule has 1 saturated heterocycles. The number of nitrogens with two attached hydrogens (primary N) is 1. The number of rotatable bonds is 7. The molecule has 35 heavy (non-hydrogen) atoms. The standard InChI is InChI=1S/C28H27F2N3O2/c1-35-11-9-18-2-6-24(27(30)12-18)23-7-5-21(28(34)33-10-8-19(15-31)17-33)13-25(23)20-3-4-22(16-32)26(29)14-20/h2-7,12-14,19H,8-11,15,17,31H2,1H3/t19-/m0/s1. The van der Waals surface area contributed by atoms with Gasteiger partial charge in [-0.1, -0.05) is 24.3 Å². The molecule has 0 saturated carbocycles. The van der Waals surface area contributed by atoms with Crippen molar-refractivity contribution in [2.24, 2.45) is 11.7 Å². The molecule has 1 heterocycles. The van der Waals surface area contributed by atoms with E-state index in [0.29, 0.717) is 60.5 Å². The molecule has 1 amide bonds. The fraction of sp³-hybridized carbons (Fsp3) is 0.286. The van der Waals surface area contributed by atoms with Gasteiger partial charge in [0.25, 0.3) is 5.91 Å². The maximum Gasteiger partial charge on any atom is 0.253 e. The number of halogens is 2. The Bertz CT molecular complexity index is 1290. The van der Waals surface area contributed by atoms with Crippen molar-refractivity contribution in [3.63, 3.8) is 0 Å². The van der Waals surface area contributed by atoms with Gasteiger partial charge in [0, 0.05) is 31.3 Å². The lowest BCUT2D eigenvalue weighted by molar-refractivity contribution is 0.0787. The first-order valence-corrected chi connectivity index (χ1v) is 11.6. The number of benzene rings is 3. The molecule has 1 atom stereocenters. The summed E-state index contributed by atoms with van der Waals surface area (Å²) in [4.78, 5) is 15.0. The van der Waals surface area contributed by atoms with Gasteiger partial charge in [0.15, 0.2) is 0 Å². The minimum absolute atomic E-state index is 0.0823. The third-order valence-corrected chi connectivity index (χ3v) is 6.49. The highest BCUT2D eigenvalue weighted by Crippen LogP contribution is 2.36. The largest absolute Gasteiger partial charge is 0.384 e. The molecular formula is C28H27F2N3O2. The van der Waals surface area contributed by atoms with E-state index in [0.717, 1.165) is 12.0 Å². The number of carbonyl (C=O) groups is 1. The van der Waals surface area contributed by atoms with Gasteiger partial charge in [0.05, 0.1) is 12.2 Å². The summed E-state index contributed by atoms with van der Waals surface area (Å²) in [5.74, 6) is -0.957. The first-order valence-electron chi connectivity index (χ1n) is 11.6. The first kappa shape index (κ1) is 24.5. The normalized spacial score (nSPS) is 15.3. The fourth-order valence-corrected chi connectivity index (χ4v) is 4.47. The number of hydrogen-bond acceptors (Lipinski definition) is 4. The summed E-state index contributed by atoms with van der Waals surface area (Å²) < 4.78 is 34.8. The average Bonchev–Trinajstić information content (AvgIpc) is 3.36. The Morgan fingerprint density at radius 3 is 2.54 bits per heavy atom. The minimum Gasteiger partial charge on any atom is -0.384 e. The van der Waals surface area contributed by atoms with Crippen LogP contribution < -0.4 is 5.73 Å². The van der Waals surface area contributed by atoms with Crippen LogP contribution in [-0.4, -0.2) is 44.2 Å². The third-order valence-electron chi connectivity index (χ3n) is 6.49. The molecule has 4 rings (SSSR count). The summed E-state index contributed by atoms with van der Waals surface area (Å²) in [6.45, 7) is 2.22. The Labute approximate surface area is 203 Å². The van der Waals surface area contributed by atoms with Gasteiger partial charge in [-0.15, -0.1) is 0 Å². The molecule has 180 valence electrons. The summed E-state index contributed by atoms with van der Waals surface area (Å²) in [6, 6.07) is 16.1. The molecule has 1 aliphatic heterocycles. The zero-order valence-corrected chi connectivity index (χ0v) is 19.6. The van der Waals surface area contributed by atoms with Gasteiger partial charge in [-0.3, -0.25) is 4.79 Å². The van der Waals surface area contributed by atoms with Crippen molar-refractivity contribution < 1.29 is 18.3 Å². The van der Waals surface area contributed by atoms with Crippen LogP contribution in [0.4, 0.5) is 8.78 Å².